The normalized spacial score (nSPS) is 25.0. The summed E-state index contributed by atoms with van der Waals surface area (Å²) >= 11 is 6.53. The number of nitrogens with one attached hydrogen (secondary N) is 1. The van der Waals surface area contributed by atoms with Crippen molar-refractivity contribution in [3.05, 3.63) is 34.1 Å². The Morgan fingerprint density at radius 1 is 1.21 bits per heavy atom. The molecule has 0 radical (unpaired) electrons. The summed E-state index contributed by atoms with van der Waals surface area (Å²) in [4.78, 5) is 60.3. The van der Waals surface area contributed by atoms with E-state index in [0.717, 1.165) is 0 Å². The molecule has 1 spiro atoms. The lowest BCUT2D eigenvalue weighted by molar-refractivity contribution is -0.129. The van der Waals surface area contributed by atoms with E-state index < -0.39 is 41.5 Å². The van der Waals surface area contributed by atoms with E-state index in [0.29, 0.717) is 12.6 Å². The fourth-order valence-electron chi connectivity index (χ4n) is 4.89. The standard InChI is InChI=1S/C23H25ClN2O8/c1-11-8-12(14(29)4-6-27)9-17(33-3)23(11)19(15(30)5-7-28)18-16(32-2)10-13(22(31)26-25)20(24)21(18)34-23/h6-7,9-12,19H,4-5,8,25H2,1-3H3,(H,26,31)/t11-,12?,19?,23-/m1/s1. The van der Waals surface area contributed by atoms with Crippen molar-refractivity contribution in [1.29, 1.82) is 0 Å². The van der Waals surface area contributed by atoms with E-state index >= 15 is 0 Å². The highest BCUT2D eigenvalue weighted by Crippen LogP contribution is 2.60. The minimum atomic E-state index is -1.47. The Balaban J connectivity index is 2.30. The van der Waals surface area contributed by atoms with Crippen LogP contribution in [0.15, 0.2) is 17.9 Å². The number of hydrogen-bond donors (Lipinski definition) is 2. The Kier molecular flexibility index (Phi) is 7.42. The highest BCUT2D eigenvalue weighted by molar-refractivity contribution is 6.35. The van der Waals surface area contributed by atoms with Crippen LogP contribution in [0.4, 0.5) is 0 Å². The van der Waals surface area contributed by atoms with Crippen molar-refractivity contribution in [2.24, 2.45) is 17.7 Å². The van der Waals surface area contributed by atoms with Crippen LogP contribution in [-0.4, -0.2) is 49.9 Å². The van der Waals surface area contributed by atoms with Crippen LogP contribution in [0.3, 0.4) is 0 Å². The van der Waals surface area contributed by atoms with E-state index in [-0.39, 0.29) is 52.0 Å². The third-order valence-electron chi connectivity index (χ3n) is 6.41. The molecule has 0 saturated heterocycles. The Morgan fingerprint density at radius 2 is 1.85 bits per heavy atom. The van der Waals surface area contributed by atoms with Crippen molar-refractivity contribution in [1.82, 2.24) is 5.43 Å². The van der Waals surface area contributed by atoms with Crippen LogP contribution in [0.5, 0.6) is 11.5 Å². The van der Waals surface area contributed by atoms with Gasteiger partial charge in [0.2, 0.25) is 0 Å². The molecule has 3 rings (SSSR count). The molecule has 3 N–H and O–H groups in total. The average molecular weight is 493 g/mol. The third kappa shape index (κ3) is 3.86. The van der Waals surface area contributed by atoms with Crippen LogP contribution in [0.25, 0.3) is 0 Å². The molecule has 2 unspecified atom stereocenters. The number of carbonyl (C=O) groups is 5. The number of ether oxygens (including phenoxy) is 3. The van der Waals surface area contributed by atoms with E-state index in [2.05, 4.69) is 0 Å². The lowest BCUT2D eigenvalue weighted by atomic mass is 9.65. The lowest BCUT2D eigenvalue weighted by Gasteiger charge is -2.43. The molecule has 0 aromatic heterocycles. The first kappa shape index (κ1) is 25.4. The average Bonchev–Trinajstić information content (AvgIpc) is 3.18. The second-order valence-electron chi connectivity index (χ2n) is 8.14. The van der Waals surface area contributed by atoms with Gasteiger partial charge >= 0.3 is 0 Å². The molecular formula is C23H25ClN2O8. The van der Waals surface area contributed by atoms with Gasteiger partial charge in [-0.15, -0.1) is 0 Å². The Bertz CT molecular complexity index is 1090. The van der Waals surface area contributed by atoms with E-state index in [4.69, 9.17) is 31.7 Å². The number of nitrogens with two attached hydrogens (primary N) is 1. The number of nitrogen functional groups attached to an aromatic ring is 1. The minimum Gasteiger partial charge on any atom is -0.497 e. The molecule has 1 aliphatic heterocycles. The first-order valence-corrected chi connectivity index (χ1v) is 10.9. The molecule has 11 heteroatoms. The molecular weight excluding hydrogens is 468 g/mol. The number of Topliss-reactive ketones (excluding diaryl/α,β-unsaturated/α-hetero) is 2. The zero-order valence-electron chi connectivity index (χ0n) is 18.9. The molecule has 1 aromatic carbocycles. The van der Waals surface area contributed by atoms with Crippen molar-refractivity contribution in [2.45, 2.75) is 37.7 Å². The van der Waals surface area contributed by atoms with Crippen LogP contribution in [0.1, 0.15) is 48.0 Å². The molecule has 1 heterocycles. The summed E-state index contributed by atoms with van der Waals surface area (Å²) in [5, 5.41) is -0.0960. The number of allylic oxidation sites excluding steroid dienone is 1. The molecule has 34 heavy (non-hydrogen) atoms. The van der Waals surface area contributed by atoms with Gasteiger partial charge in [0.05, 0.1) is 49.1 Å². The van der Waals surface area contributed by atoms with Crippen LogP contribution in [-0.2, 0) is 23.9 Å². The number of fused-ring (bicyclic) bond motifs is 1. The van der Waals surface area contributed by atoms with Crippen molar-refractivity contribution in [3.63, 3.8) is 0 Å². The molecule has 0 saturated carbocycles. The topological polar surface area (TPSA) is 151 Å². The minimum absolute atomic E-state index is 0.0244. The fraction of sp³-hybridized carbons (Fsp3) is 0.435. The molecule has 1 aromatic rings. The van der Waals surface area contributed by atoms with Crippen molar-refractivity contribution < 1.29 is 38.2 Å². The first-order valence-electron chi connectivity index (χ1n) is 10.5. The number of amides is 1. The van der Waals surface area contributed by atoms with Gasteiger partial charge in [-0.25, -0.2) is 5.84 Å². The van der Waals surface area contributed by atoms with E-state index in [1.54, 1.807) is 6.92 Å². The number of carbonyl (C=O) groups excluding carboxylic acids is 5. The maximum atomic E-state index is 13.4. The molecule has 2 aliphatic rings. The van der Waals surface area contributed by atoms with Gasteiger partial charge in [-0.3, -0.25) is 19.8 Å². The van der Waals surface area contributed by atoms with E-state index in [1.165, 1.54) is 26.4 Å². The molecule has 4 atom stereocenters. The molecule has 1 amide bonds. The summed E-state index contributed by atoms with van der Waals surface area (Å²) < 4.78 is 17.5. The van der Waals surface area contributed by atoms with Gasteiger partial charge < -0.3 is 23.8 Å². The molecule has 1 aliphatic carbocycles. The van der Waals surface area contributed by atoms with Gasteiger partial charge in [0, 0.05) is 11.8 Å². The van der Waals surface area contributed by atoms with Gasteiger partial charge in [0.1, 0.15) is 35.6 Å². The van der Waals surface area contributed by atoms with Crippen LogP contribution in [0.2, 0.25) is 5.02 Å². The summed E-state index contributed by atoms with van der Waals surface area (Å²) in [6.07, 6.45) is 2.12. The maximum absolute atomic E-state index is 13.4. The molecule has 0 fully saturated rings. The largest absolute Gasteiger partial charge is 0.497 e. The van der Waals surface area contributed by atoms with Gasteiger partial charge in [-0.05, 0) is 18.6 Å². The lowest BCUT2D eigenvalue weighted by Crippen LogP contribution is -2.52. The fourth-order valence-corrected chi connectivity index (χ4v) is 5.18. The summed E-state index contributed by atoms with van der Waals surface area (Å²) in [5.41, 5.74) is 0.757. The smallest absolute Gasteiger partial charge is 0.266 e. The first-order chi connectivity index (χ1) is 16.2. The van der Waals surface area contributed by atoms with Crippen molar-refractivity contribution in [3.8, 4) is 11.5 Å². The quantitative estimate of drug-likeness (QED) is 0.172. The summed E-state index contributed by atoms with van der Waals surface area (Å²) in [6.45, 7) is 1.77. The van der Waals surface area contributed by atoms with Gasteiger partial charge in [-0.2, -0.15) is 0 Å². The van der Waals surface area contributed by atoms with Crippen LogP contribution < -0.4 is 20.7 Å². The number of rotatable bonds is 9. The van der Waals surface area contributed by atoms with E-state index in [1.807, 2.05) is 5.43 Å². The number of hydrogen-bond acceptors (Lipinski definition) is 9. The Morgan fingerprint density at radius 3 is 2.41 bits per heavy atom. The molecule has 10 nitrogen and oxygen atoms in total. The number of hydrazine groups is 1. The number of methoxy groups -OCH3 is 2. The molecule has 0 bridgehead atoms. The van der Waals surface area contributed by atoms with Crippen molar-refractivity contribution in [2.75, 3.05) is 14.2 Å². The zero-order valence-corrected chi connectivity index (χ0v) is 19.6. The van der Waals surface area contributed by atoms with Crippen molar-refractivity contribution >= 4 is 41.6 Å². The highest BCUT2D eigenvalue weighted by atomic mass is 35.5. The SMILES string of the molecule is COC1=CC(C(=O)CC=O)C[C@@H](C)[C@@]12Oc1c(Cl)c(C(=O)NN)cc(OC)c1C2C(=O)CC=O. The second-order valence-corrected chi connectivity index (χ2v) is 8.52. The number of aldehydes is 2. The van der Waals surface area contributed by atoms with Gasteiger partial charge in [0.15, 0.2) is 11.4 Å². The summed E-state index contributed by atoms with van der Waals surface area (Å²) in [6, 6.07) is 1.34. The number of ketones is 2. The third-order valence-corrected chi connectivity index (χ3v) is 6.78. The summed E-state index contributed by atoms with van der Waals surface area (Å²) in [5.74, 6) is 1.92. The van der Waals surface area contributed by atoms with Crippen LogP contribution in [0, 0.1) is 11.8 Å². The Hall–Kier alpha value is -3.24. The zero-order chi connectivity index (χ0) is 25.2. The highest BCUT2D eigenvalue weighted by Gasteiger charge is 2.62. The predicted octanol–water partition coefficient (Wildman–Crippen LogP) is 1.67. The maximum Gasteiger partial charge on any atom is 0.266 e. The monoisotopic (exact) mass is 492 g/mol. The van der Waals surface area contributed by atoms with Gasteiger partial charge in [-0.1, -0.05) is 18.5 Å². The van der Waals surface area contributed by atoms with Gasteiger partial charge in [0.25, 0.3) is 5.91 Å². The predicted molar refractivity (Wildman–Crippen MR) is 119 cm³/mol. The van der Waals surface area contributed by atoms with E-state index in [9.17, 15) is 24.0 Å². The van der Waals surface area contributed by atoms with Crippen LogP contribution >= 0.6 is 11.6 Å². The molecule has 182 valence electrons. The Labute approximate surface area is 200 Å². The second kappa shape index (κ2) is 9.94. The summed E-state index contributed by atoms with van der Waals surface area (Å²) in [7, 11) is 2.72. The number of benzene rings is 1. The number of halogens is 1.